The first-order valence-corrected chi connectivity index (χ1v) is 8.98. The summed E-state index contributed by atoms with van der Waals surface area (Å²) in [4.78, 5) is 2.89. The minimum atomic E-state index is -4.60. The first-order valence-electron chi connectivity index (χ1n) is 7.49. The van der Waals surface area contributed by atoms with Gasteiger partial charge in [0.05, 0.1) is 0 Å². The lowest BCUT2D eigenvalue weighted by Gasteiger charge is -2.29. The van der Waals surface area contributed by atoms with E-state index in [0.717, 1.165) is 44.4 Å². The average Bonchev–Trinajstić information content (AvgIpc) is 2.53. The number of nitrogens with zero attached hydrogens (tertiary/aromatic N) is 1. The summed E-state index contributed by atoms with van der Waals surface area (Å²) < 4.78 is 64.6. The van der Waals surface area contributed by atoms with Crippen LogP contribution in [0.25, 0.3) is 0 Å². The molecule has 0 spiro atoms. The molecule has 1 aliphatic rings. The van der Waals surface area contributed by atoms with Crippen molar-refractivity contribution in [1.29, 1.82) is 0 Å². The highest BCUT2D eigenvalue weighted by Gasteiger charge is 2.33. The highest BCUT2D eigenvalue weighted by Crippen LogP contribution is 2.29. The number of halogens is 4. The fourth-order valence-corrected chi connectivity index (χ4v) is 4.11. The monoisotopic (exact) mass is 387 g/mol. The summed E-state index contributed by atoms with van der Waals surface area (Å²) in [6.07, 6.45) is 1.11. The molecule has 138 valence electrons. The molecule has 1 aromatic heterocycles. The molecule has 1 fully saturated rings. The molecule has 0 bridgehead atoms. The molecule has 24 heavy (non-hydrogen) atoms. The van der Waals surface area contributed by atoms with Crippen molar-refractivity contribution in [3.63, 3.8) is 0 Å². The van der Waals surface area contributed by atoms with Gasteiger partial charge in [0, 0.05) is 18.8 Å². The molecule has 0 saturated heterocycles. The third kappa shape index (κ3) is 5.30. The SMILES string of the molecule is Cl.NCC(NS(=O)(=O)c1ccc(C(F)(F)F)nc1)C1CCCCC1. The average molecular weight is 388 g/mol. The van der Waals surface area contributed by atoms with Crippen LogP contribution in [0.3, 0.4) is 0 Å². The second-order valence-corrected chi connectivity index (χ2v) is 7.45. The standard InChI is InChI=1S/C14H20F3N3O2S.ClH/c15-14(16,17)13-7-6-11(9-19-13)23(21,22)20-12(8-18)10-4-2-1-3-5-10;/h6-7,9-10,12,20H,1-5,8,18H2;1H. The molecule has 1 unspecified atom stereocenters. The molecule has 1 aromatic rings. The third-order valence-corrected chi connectivity index (χ3v) is 5.59. The van der Waals surface area contributed by atoms with Crippen molar-refractivity contribution in [3.8, 4) is 0 Å². The molecule has 5 nitrogen and oxygen atoms in total. The van der Waals surface area contributed by atoms with E-state index in [1.54, 1.807) is 0 Å². The second-order valence-electron chi connectivity index (χ2n) is 5.74. The Balaban J connectivity index is 0.00000288. The predicted octanol–water partition coefficient (Wildman–Crippen LogP) is 2.71. The zero-order valence-corrected chi connectivity index (χ0v) is 14.6. The minimum absolute atomic E-state index is 0. The predicted molar refractivity (Wildman–Crippen MR) is 86.2 cm³/mol. The normalized spacial score (nSPS) is 18.0. The van der Waals surface area contributed by atoms with Crippen LogP contribution in [0, 0.1) is 5.92 Å². The molecule has 10 heteroatoms. The number of sulfonamides is 1. The number of hydrogen-bond donors (Lipinski definition) is 2. The molecule has 3 N–H and O–H groups in total. The van der Waals surface area contributed by atoms with E-state index in [1.165, 1.54) is 0 Å². The molecule has 0 amide bonds. The summed E-state index contributed by atoms with van der Waals surface area (Å²) in [7, 11) is -3.94. The first kappa shape index (κ1) is 21.1. The Morgan fingerprint density at radius 2 is 1.88 bits per heavy atom. The van der Waals surface area contributed by atoms with Crippen LogP contribution < -0.4 is 10.5 Å². The number of rotatable bonds is 5. The maximum atomic E-state index is 12.5. The van der Waals surface area contributed by atoms with E-state index in [1.807, 2.05) is 0 Å². The van der Waals surface area contributed by atoms with E-state index >= 15 is 0 Å². The lowest BCUT2D eigenvalue weighted by molar-refractivity contribution is -0.141. The molecule has 0 aliphatic heterocycles. The molecular formula is C14H21ClF3N3O2S. The Bertz CT molecular complexity index is 617. The summed E-state index contributed by atoms with van der Waals surface area (Å²) in [5.41, 5.74) is 4.55. The van der Waals surface area contributed by atoms with Crippen molar-refractivity contribution in [2.45, 2.75) is 49.2 Å². The molecule has 1 heterocycles. The topological polar surface area (TPSA) is 85.1 Å². The Hall–Kier alpha value is -0.900. The molecule has 1 aliphatic carbocycles. The minimum Gasteiger partial charge on any atom is -0.329 e. The molecule has 1 saturated carbocycles. The quantitative estimate of drug-likeness (QED) is 0.813. The molecule has 0 radical (unpaired) electrons. The first-order chi connectivity index (χ1) is 10.7. The zero-order chi connectivity index (χ0) is 17.1. The summed E-state index contributed by atoms with van der Waals surface area (Å²) in [5.74, 6) is 0.158. The van der Waals surface area contributed by atoms with Gasteiger partial charge in [0.25, 0.3) is 0 Å². The summed E-state index contributed by atoms with van der Waals surface area (Å²) >= 11 is 0. The Morgan fingerprint density at radius 3 is 2.33 bits per heavy atom. The second kappa shape index (κ2) is 8.46. The van der Waals surface area contributed by atoms with Gasteiger partial charge in [-0.05, 0) is 30.9 Å². The van der Waals surface area contributed by atoms with Gasteiger partial charge in [0.2, 0.25) is 10.0 Å². The van der Waals surface area contributed by atoms with Gasteiger partial charge in [-0.3, -0.25) is 4.98 Å². The van der Waals surface area contributed by atoms with Crippen LogP contribution in [0.2, 0.25) is 0 Å². The van der Waals surface area contributed by atoms with Crippen LogP contribution in [0.15, 0.2) is 23.2 Å². The van der Waals surface area contributed by atoms with Crippen LogP contribution in [0.5, 0.6) is 0 Å². The van der Waals surface area contributed by atoms with Crippen molar-refractivity contribution in [3.05, 3.63) is 24.0 Å². The molecular weight excluding hydrogens is 367 g/mol. The van der Waals surface area contributed by atoms with Crippen LogP contribution in [-0.4, -0.2) is 26.0 Å². The zero-order valence-electron chi connectivity index (χ0n) is 12.9. The van der Waals surface area contributed by atoms with Crippen molar-refractivity contribution >= 4 is 22.4 Å². The van der Waals surface area contributed by atoms with Crippen molar-refractivity contribution < 1.29 is 21.6 Å². The summed E-state index contributed by atoms with van der Waals surface area (Å²) in [6.45, 7) is 0.151. The molecule has 0 aromatic carbocycles. The van der Waals surface area contributed by atoms with Crippen molar-refractivity contribution in [2.24, 2.45) is 11.7 Å². The van der Waals surface area contributed by atoms with Gasteiger partial charge >= 0.3 is 6.18 Å². The number of aromatic nitrogens is 1. The summed E-state index contributed by atoms with van der Waals surface area (Å²) in [5, 5.41) is 0. The molecule has 1 atom stereocenters. The number of alkyl halides is 3. The fraction of sp³-hybridized carbons (Fsp3) is 0.643. The maximum absolute atomic E-state index is 12.5. The van der Waals surface area contributed by atoms with Gasteiger partial charge in [-0.25, -0.2) is 13.1 Å². The van der Waals surface area contributed by atoms with E-state index in [0.29, 0.717) is 6.07 Å². The van der Waals surface area contributed by atoms with Crippen LogP contribution in [-0.2, 0) is 16.2 Å². The maximum Gasteiger partial charge on any atom is 0.433 e. The van der Waals surface area contributed by atoms with Gasteiger partial charge in [-0.2, -0.15) is 13.2 Å². The van der Waals surface area contributed by atoms with E-state index in [4.69, 9.17) is 5.73 Å². The van der Waals surface area contributed by atoms with Crippen LogP contribution in [0.1, 0.15) is 37.8 Å². The smallest absolute Gasteiger partial charge is 0.329 e. The van der Waals surface area contributed by atoms with Gasteiger partial charge in [-0.1, -0.05) is 19.3 Å². The Kier molecular flexibility index (Phi) is 7.45. The van der Waals surface area contributed by atoms with Gasteiger partial charge in [-0.15, -0.1) is 12.4 Å². The highest BCUT2D eigenvalue weighted by atomic mass is 35.5. The van der Waals surface area contributed by atoms with Gasteiger partial charge in [0.1, 0.15) is 10.6 Å². The fourth-order valence-electron chi connectivity index (χ4n) is 2.85. The van der Waals surface area contributed by atoms with Crippen LogP contribution in [0.4, 0.5) is 13.2 Å². The number of nitrogens with two attached hydrogens (primary N) is 1. The Morgan fingerprint density at radius 1 is 1.25 bits per heavy atom. The van der Waals surface area contributed by atoms with E-state index in [-0.39, 0.29) is 29.8 Å². The number of pyridine rings is 1. The lowest BCUT2D eigenvalue weighted by Crippen LogP contribution is -2.45. The summed E-state index contributed by atoms with van der Waals surface area (Å²) in [6, 6.07) is 1.15. The van der Waals surface area contributed by atoms with E-state index < -0.39 is 27.9 Å². The third-order valence-electron chi connectivity index (χ3n) is 4.12. The molecule has 2 rings (SSSR count). The Labute approximate surface area is 145 Å². The van der Waals surface area contributed by atoms with Gasteiger partial charge in [0.15, 0.2) is 0 Å². The van der Waals surface area contributed by atoms with E-state index in [2.05, 4.69) is 9.71 Å². The van der Waals surface area contributed by atoms with E-state index in [9.17, 15) is 21.6 Å². The van der Waals surface area contributed by atoms with Crippen LogP contribution >= 0.6 is 12.4 Å². The number of hydrogen-bond acceptors (Lipinski definition) is 4. The largest absolute Gasteiger partial charge is 0.433 e. The number of nitrogens with one attached hydrogen (secondary N) is 1. The van der Waals surface area contributed by atoms with Gasteiger partial charge < -0.3 is 5.73 Å². The van der Waals surface area contributed by atoms with Crippen molar-refractivity contribution in [2.75, 3.05) is 6.54 Å². The highest BCUT2D eigenvalue weighted by molar-refractivity contribution is 7.89. The lowest BCUT2D eigenvalue weighted by atomic mass is 9.84. The van der Waals surface area contributed by atoms with Crippen molar-refractivity contribution in [1.82, 2.24) is 9.71 Å².